The number of carbonyl (C=O) groups is 1. The number of hydrogen-bond donors (Lipinski definition) is 2. The number of halogens is 1. The zero-order valence-corrected chi connectivity index (χ0v) is 18.1. The molecule has 1 aromatic heterocycles. The van der Waals surface area contributed by atoms with E-state index in [0.29, 0.717) is 26.1 Å². The van der Waals surface area contributed by atoms with E-state index < -0.39 is 0 Å². The number of rotatable bonds is 6. The average Bonchev–Trinajstić information content (AvgIpc) is 3.25. The zero-order valence-electron chi connectivity index (χ0n) is 15.8. The lowest BCUT2D eigenvalue weighted by Crippen LogP contribution is -2.36. The Labute approximate surface area is 177 Å². The number of carbonyl (C=O) groups excluding carboxylic acids is 1. The third-order valence-electron chi connectivity index (χ3n) is 4.61. The van der Waals surface area contributed by atoms with Gasteiger partial charge in [-0.3, -0.25) is 14.5 Å². The summed E-state index contributed by atoms with van der Waals surface area (Å²) in [5.41, 5.74) is 3.43. The van der Waals surface area contributed by atoms with Crippen molar-refractivity contribution in [3.63, 3.8) is 0 Å². The lowest BCUT2D eigenvalue weighted by molar-refractivity contribution is -0.128. The molecule has 1 fully saturated rings. The Morgan fingerprint density at radius 3 is 2.44 bits per heavy atom. The van der Waals surface area contributed by atoms with Gasteiger partial charge in [-0.1, -0.05) is 24.3 Å². The maximum Gasteiger partial charge on any atom is 0.222 e. The van der Waals surface area contributed by atoms with E-state index in [9.17, 15) is 4.79 Å². The first-order chi connectivity index (χ1) is 12.7. The van der Waals surface area contributed by atoms with Crippen LogP contribution in [0.5, 0.6) is 0 Å². The van der Waals surface area contributed by atoms with E-state index in [0.717, 1.165) is 24.6 Å². The summed E-state index contributed by atoms with van der Waals surface area (Å²) in [5, 5.41) is 10.7. The molecule has 0 radical (unpaired) electrons. The molecule has 0 aliphatic carbocycles. The number of benzene rings is 1. The number of aryl methyl sites for hydroxylation is 1. The van der Waals surface area contributed by atoms with Crippen LogP contribution in [-0.2, 0) is 31.5 Å². The summed E-state index contributed by atoms with van der Waals surface area (Å²) in [6.45, 7) is 2.94. The maximum atomic E-state index is 11.7. The van der Waals surface area contributed by atoms with Gasteiger partial charge in [-0.2, -0.15) is 5.10 Å². The van der Waals surface area contributed by atoms with Crippen molar-refractivity contribution in [1.29, 1.82) is 0 Å². The molecule has 0 spiro atoms. The summed E-state index contributed by atoms with van der Waals surface area (Å²) in [7, 11) is 3.68. The van der Waals surface area contributed by atoms with Gasteiger partial charge in [0.2, 0.25) is 5.91 Å². The molecule has 0 atom stereocenters. The number of nitrogens with one attached hydrogen (secondary N) is 2. The minimum atomic E-state index is 0. The summed E-state index contributed by atoms with van der Waals surface area (Å²) in [5.74, 6) is 1.01. The Bertz CT molecular complexity index is 771. The van der Waals surface area contributed by atoms with E-state index in [1.54, 1.807) is 13.2 Å². The minimum absolute atomic E-state index is 0. The fourth-order valence-corrected chi connectivity index (χ4v) is 3.01. The quantitative estimate of drug-likeness (QED) is 0.376. The SMILES string of the molecule is CN=C(NCc1ccc(CN2CCCC2=O)cc1)NCc1ccnn1C.I. The maximum absolute atomic E-state index is 11.7. The van der Waals surface area contributed by atoms with Crippen LogP contribution in [-0.4, -0.2) is 40.1 Å². The van der Waals surface area contributed by atoms with Gasteiger partial charge >= 0.3 is 0 Å². The van der Waals surface area contributed by atoms with Crippen molar-refractivity contribution < 1.29 is 4.79 Å². The fourth-order valence-electron chi connectivity index (χ4n) is 3.01. The van der Waals surface area contributed by atoms with Gasteiger partial charge in [0.1, 0.15) is 0 Å². The van der Waals surface area contributed by atoms with Gasteiger partial charge in [0.15, 0.2) is 5.96 Å². The highest BCUT2D eigenvalue weighted by molar-refractivity contribution is 14.0. The van der Waals surface area contributed by atoms with Crippen LogP contribution in [0.4, 0.5) is 0 Å². The topological polar surface area (TPSA) is 74.6 Å². The van der Waals surface area contributed by atoms with Crippen molar-refractivity contribution in [3.8, 4) is 0 Å². The van der Waals surface area contributed by atoms with Gasteiger partial charge in [0, 0.05) is 46.3 Å². The van der Waals surface area contributed by atoms with Crippen LogP contribution in [0.2, 0.25) is 0 Å². The van der Waals surface area contributed by atoms with Gasteiger partial charge in [-0.15, -0.1) is 24.0 Å². The number of aromatic nitrogens is 2. The number of guanidine groups is 1. The summed E-state index contributed by atoms with van der Waals surface area (Å²) >= 11 is 0. The minimum Gasteiger partial charge on any atom is -0.352 e. The smallest absolute Gasteiger partial charge is 0.222 e. The van der Waals surface area contributed by atoms with E-state index in [-0.39, 0.29) is 29.9 Å². The zero-order chi connectivity index (χ0) is 18.4. The number of aliphatic imine (C=N–C) groups is 1. The van der Waals surface area contributed by atoms with E-state index in [1.165, 1.54) is 11.1 Å². The molecule has 1 amide bonds. The van der Waals surface area contributed by atoms with Crippen LogP contribution in [0.3, 0.4) is 0 Å². The number of amides is 1. The lowest BCUT2D eigenvalue weighted by atomic mass is 10.1. The third kappa shape index (κ3) is 5.95. The van der Waals surface area contributed by atoms with Crippen LogP contribution in [0, 0.1) is 0 Å². The highest BCUT2D eigenvalue weighted by atomic mass is 127. The van der Waals surface area contributed by atoms with E-state index >= 15 is 0 Å². The summed E-state index contributed by atoms with van der Waals surface area (Å²) in [6, 6.07) is 10.3. The molecule has 2 heterocycles. The number of likely N-dealkylation sites (tertiary alicyclic amines) is 1. The average molecular weight is 482 g/mol. The summed E-state index contributed by atoms with van der Waals surface area (Å²) in [4.78, 5) is 17.9. The molecule has 0 unspecified atom stereocenters. The molecule has 146 valence electrons. The van der Waals surface area contributed by atoms with Crippen LogP contribution in [0.15, 0.2) is 41.5 Å². The molecule has 1 aliphatic rings. The van der Waals surface area contributed by atoms with Gasteiger partial charge < -0.3 is 15.5 Å². The van der Waals surface area contributed by atoms with Gasteiger partial charge in [0.05, 0.1) is 12.2 Å². The molecule has 0 bridgehead atoms. The molecule has 8 heteroatoms. The molecule has 27 heavy (non-hydrogen) atoms. The number of hydrogen-bond acceptors (Lipinski definition) is 3. The molecular formula is C19H27IN6O. The van der Waals surface area contributed by atoms with Crippen LogP contribution in [0.25, 0.3) is 0 Å². The van der Waals surface area contributed by atoms with Crippen molar-refractivity contribution in [2.45, 2.75) is 32.5 Å². The van der Waals surface area contributed by atoms with Crippen LogP contribution >= 0.6 is 24.0 Å². The van der Waals surface area contributed by atoms with Crippen LogP contribution < -0.4 is 10.6 Å². The Hall–Kier alpha value is -2.10. The lowest BCUT2D eigenvalue weighted by Gasteiger charge is -2.16. The molecule has 2 aromatic rings. The molecule has 0 saturated carbocycles. The van der Waals surface area contributed by atoms with E-state index in [2.05, 4.69) is 45.0 Å². The predicted octanol–water partition coefficient (Wildman–Crippen LogP) is 2.03. The molecule has 2 N–H and O–H groups in total. The highest BCUT2D eigenvalue weighted by Crippen LogP contribution is 2.14. The Balaban J connectivity index is 0.00000261. The predicted molar refractivity (Wildman–Crippen MR) is 117 cm³/mol. The van der Waals surface area contributed by atoms with Gasteiger partial charge in [-0.25, -0.2) is 0 Å². The molecule has 3 rings (SSSR count). The first kappa shape index (κ1) is 21.2. The fraction of sp³-hybridized carbons (Fsp3) is 0.421. The number of nitrogens with zero attached hydrogens (tertiary/aromatic N) is 4. The van der Waals surface area contributed by atoms with Gasteiger partial charge in [-0.05, 0) is 23.6 Å². The molecule has 1 aromatic carbocycles. The van der Waals surface area contributed by atoms with Crippen molar-refractivity contribution in [2.24, 2.45) is 12.0 Å². The van der Waals surface area contributed by atoms with Crippen molar-refractivity contribution in [1.82, 2.24) is 25.3 Å². The second-order valence-electron chi connectivity index (χ2n) is 6.46. The van der Waals surface area contributed by atoms with Crippen molar-refractivity contribution in [2.75, 3.05) is 13.6 Å². The third-order valence-corrected chi connectivity index (χ3v) is 4.61. The van der Waals surface area contributed by atoms with Crippen molar-refractivity contribution in [3.05, 3.63) is 53.3 Å². The van der Waals surface area contributed by atoms with Crippen LogP contribution in [0.1, 0.15) is 29.7 Å². The van der Waals surface area contributed by atoms with E-state index in [4.69, 9.17) is 0 Å². The highest BCUT2D eigenvalue weighted by Gasteiger charge is 2.19. The van der Waals surface area contributed by atoms with E-state index in [1.807, 2.05) is 22.7 Å². The second kappa shape index (κ2) is 10.3. The van der Waals surface area contributed by atoms with Gasteiger partial charge in [0.25, 0.3) is 0 Å². The Morgan fingerprint density at radius 2 is 1.85 bits per heavy atom. The first-order valence-corrected chi connectivity index (χ1v) is 8.92. The molecule has 1 saturated heterocycles. The standard InChI is InChI=1S/C19H26N6O.HI/c1-20-19(22-13-17-9-10-23-24(17)2)21-12-15-5-7-16(8-6-15)14-25-11-3-4-18(25)26;/h5-10H,3-4,11-14H2,1-2H3,(H2,20,21,22);1H. The molecule has 1 aliphatic heterocycles. The monoisotopic (exact) mass is 482 g/mol. The molecular weight excluding hydrogens is 455 g/mol. The first-order valence-electron chi connectivity index (χ1n) is 8.92. The summed E-state index contributed by atoms with van der Waals surface area (Å²) < 4.78 is 1.84. The summed E-state index contributed by atoms with van der Waals surface area (Å²) in [6.07, 6.45) is 3.45. The van der Waals surface area contributed by atoms with Crippen molar-refractivity contribution >= 4 is 35.8 Å². The Morgan fingerprint density at radius 1 is 1.15 bits per heavy atom. The largest absolute Gasteiger partial charge is 0.352 e. The second-order valence-corrected chi connectivity index (χ2v) is 6.46. The molecule has 7 nitrogen and oxygen atoms in total. The Kier molecular flexibility index (Phi) is 8.08. The normalized spacial score (nSPS) is 14.2.